The normalized spacial score (nSPS) is 8.73. The SMILES string of the molecule is CCCCCCCC[n+]1cccc(C)c1.N#CC(=C=[N-])C#N. The number of unbranched alkanes of at least 4 members (excludes halogenated alkanes) is 5. The molecule has 0 saturated heterocycles. The number of nitriles is 2. The highest BCUT2D eigenvalue weighted by molar-refractivity contribution is 5.71. The van der Waals surface area contributed by atoms with Crippen molar-refractivity contribution in [3.63, 3.8) is 0 Å². The first kappa shape index (κ1) is 19.6. The molecule has 0 fully saturated rings. The van der Waals surface area contributed by atoms with Gasteiger partial charge >= 0.3 is 0 Å². The van der Waals surface area contributed by atoms with E-state index in [1.807, 2.05) is 0 Å². The van der Waals surface area contributed by atoms with E-state index in [4.69, 9.17) is 15.9 Å². The second-order valence-electron chi connectivity index (χ2n) is 5.10. The maximum Gasteiger partial charge on any atom is 0.171 e. The Morgan fingerprint density at radius 1 is 1.14 bits per heavy atom. The van der Waals surface area contributed by atoms with Crippen molar-refractivity contribution in [1.29, 1.82) is 10.5 Å². The molecule has 0 amide bonds. The van der Waals surface area contributed by atoms with Crippen LogP contribution in [0.15, 0.2) is 30.1 Å². The first-order chi connectivity index (χ1) is 10.7. The first-order valence-corrected chi connectivity index (χ1v) is 7.70. The number of aromatic nitrogens is 1. The molecule has 0 aliphatic rings. The number of hydrogen-bond acceptors (Lipinski definition) is 2. The molecule has 0 unspecified atom stereocenters. The summed E-state index contributed by atoms with van der Waals surface area (Å²) in [6.07, 6.45) is 12.6. The number of aryl methyl sites for hydroxylation is 2. The van der Waals surface area contributed by atoms with Crippen molar-refractivity contribution in [3.05, 3.63) is 41.1 Å². The van der Waals surface area contributed by atoms with Crippen LogP contribution in [-0.2, 0) is 6.54 Å². The fourth-order valence-corrected chi connectivity index (χ4v) is 1.94. The first-order valence-electron chi connectivity index (χ1n) is 7.70. The summed E-state index contributed by atoms with van der Waals surface area (Å²) in [6, 6.07) is 7.07. The van der Waals surface area contributed by atoms with Gasteiger partial charge in [0, 0.05) is 18.1 Å². The zero-order valence-corrected chi connectivity index (χ0v) is 13.5. The van der Waals surface area contributed by atoms with Gasteiger partial charge < -0.3 is 5.41 Å². The second kappa shape index (κ2) is 13.6. The van der Waals surface area contributed by atoms with Gasteiger partial charge in [0.1, 0.15) is 24.3 Å². The van der Waals surface area contributed by atoms with Crippen molar-refractivity contribution in [1.82, 2.24) is 0 Å². The van der Waals surface area contributed by atoms with Crippen molar-refractivity contribution in [3.8, 4) is 12.1 Å². The topological polar surface area (TPSA) is 73.8 Å². The van der Waals surface area contributed by atoms with Gasteiger partial charge in [-0.3, -0.25) is 0 Å². The molecule has 1 rings (SSSR count). The van der Waals surface area contributed by atoms with E-state index in [0.29, 0.717) is 0 Å². The quantitative estimate of drug-likeness (QED) is 0.332. The third-order valence-electron chi connectivity index (χ3n) is 3.11. The van der Waals surface area contributed by atoms with Crippen LogP contribution in [0.2, 0.25) is 0 Å². The number of nitrogens with zero attached hydrogens (tertiary/aromatic N) is 4. The highest BCUT2D eigenvalue weighted by Crippen LogP contribution is 2.04. The molecule has 0 spiro atoms. The number of rotatable bonds is 7. The molecule has 0 bridgehead atoms. The zero-order valence-electron chi connectivity index (χ0n) is 13.5. The standard InChI is InChI=1S/C14H24N.C4N3/c1-3-4-5-6-7-8-11-15-12-9-10-14(2)13-15;5-1-4(2-6)3-7/h9-10,12-13H,3-8,11H2,1-2H3;/q+1;-1. The van der Waals surface area contributed by atoms with Crippen LogP contribution < -0.4 is 4.57 Å². The van der Waals surface area contributed by atoms with Crippen LogP contribution >= 0.6 is 0 Å². The van der Waals surface area contributed by atoms with Gasteiger partial charge in [0.25, 0.3) is 0 Å². The lowest BCUT2D eigenvalue weighted by atomic mass is 10.1. The van der Waals surface area contributed by atoms with Gasteiger partial charge in [-0.25, -0.2) is 10.4 Å². The highest BCUT2D eigenvalue weighted by atomic mass is 14.9. The van der Waals surface area contributed by atoms with E-state index in [9.17, 15) is 0 Å². The molecule has 1 aromatic rings. The minimum Gasteiger partial charge on any atom is -0.762 e. The lowest BCUT2D eigenvalue weighted by Crippen LogP contribution is -2.32. The Balaban J connectivity index is 0.000000534. The van der Waals surface area contributed by atoms with Crippen LogP contribution in [0.5, 0.6) is 0 Å². The van der Waals surface area contributed by atoms with E-state index in [0.717, 1.165) is 0 Å². The van der Waals surface area contributed by atoms with Gasteiger partial charge in [-0.15, -0.1) is 0 Å². The van der Waals surface area contributed by atoms with E-state index in [1.54, 1.807) is 0 Å². The summed E-state index contributed by atoms with van der Waals surface area (Å²) >= 11 is 0. The van der Waals surface area contributed by atoms with Crippen molar-refractivity contribution in [2.45, 2.75) is 58.9 Å². The molecule has 4 nitrogen and oxygen atoms in total. The van der Waals surface area contributed by atoms with E-state index >= 15 is 0 Å². The third-order valence-corrected chi connectivity index (χ3v) is 3.11. The Hall–Kier alpha value is -2.42. The van der Waals surface area contributed by atoms with Crippen LogP contribution in [0.4, 0.5) is 0 Å². The number of pyridine rings is 1. The average molecular weight is 296 g/mol. The summed E-state index contributed by atoms with van der Waals surface area (Å²) in [5, 5.41) is 23.4. The summed E-state index contributed by atoms with van der Waals surface area (Å²) < 4.78 is 2.30. The fraction of sp³-hybridized carbons (Fsp3) is 0.500. The van der Waals surface area contributed by atoms with Crippen LogP contribution in [0.3, 0.4) is 0 Å². The number of hydrogen-bond donors (Lipinski definition) is 0. The van der Waals surface area contributed by atoms with Crippen LogP contribution in [0.25, 0.3) is 5.41 Å². The molecule has 1 heterocycles. The summed E-state index contributed by atoms with van der Waals surface area (Å²) in [7, 11) is 0. The summed E-state index contributed by atoms with van der Waals surface area (Å²) in [6.45, 7) is 5.59. The van der Waals surface area contributed by atoms with Crippen LogP contribution in [-0.4, -0.2) is 5.87 Å². The van der Waals surface area contributed by atoms with Gasteiger partial charge in [0.15, 0.2) is 12.4 Å². The van der Waals surface area contributed by atoms with Gasteiger partial charge in [0.05, 0.1) is 0 Å². The van der Waals surface area contributed by atoms with E-state index in [1.165, 1.54) is 68.6 Å². The van der Waals surface area contributed by atoms with Crippen molar-refractivity contribution < 1.29 is 4.57 Å². The fourth-order valence-electron chi connectivity index (χ4n) is 1.94. The zero-order chi connectivity index (χ0) is 16.6. The minimum atomic E-state index is -0.403. The van der Waals surface area contributed by atoms with Crippen molar-refractivity contribution in [2.24, 2.45) is 0 Å². The van der Waals surface area contributed by atoms with E-state index in [-0.39, 0.29) is 0 Å². The minimum absolute atomic E-state index is 0.403. The van der Waals surface area contributed by atoms with Crippen molar-refractivity contribution in [2.75, 3.05) is 0 Å². The maximum atomic E-state index is 7.79. The smallest absolute Gasteiger partial charge is 0.171 e. The Labute approximate surface area is 133 Å². The Bertz CT molecular complexity index is 541. The van der Waals surface area contributed by atoms with Gasteiger partial charge in [0.2, 0.25) is 0 Å². The molecular weight excluding hydrogens is 272 g/mol. The third kappa shape index (κ3) is 10.4. The Morgan fingerprint density at radius 2 is 1.77 bits per heavy atom. The van der Waals surface area contributed by atoms with Crippen molar-refractivity contribution >= 4 is 5.87 Å². The lowest BCUT2D eigenvalue weighted by Gasteiger charge is -1.99. The largest absolute Gasteiger partial charge is 0.762 e. The molecule has 0 aliphatic carbocycles. The van der Waals surface area contributed by atoms with E-state index < -0.39 is 5.57 Å². The molecule has 0 saturated carbocycles. The molecule has 0 aromatic carbocycles. The number of allylic oxidation sites excluding steroid dienone is 1. The van der Waals surface area contributed by atoms with Crippen LogP contribution in [0.1, 0.15) is 51.0 Å². The molecule has 22 heavy (non-hydrogen) atoms. The maximum absolute atomic E-state index is 7.79. The summed E-state index contributed by atoms with van der Waals surface area (Å²) in [5.41, 5.74) is 0.948. The van der Waals surface area contributed by atoms with Crippen LogP contribution in [0, 0.1) is 29.6 Å². The molecule has 0 N–H and O–H groups in total. The predicted octanol–water partition coefficient (Wildman–Crippen LogP) is 3.84. The monoisotopic (exact) mass is 296 g/mol. The Kier molecular flexibility index (Phi) is 12.1. The highest BCUT2D eigenvalue weighted by Gasteiger charge is 1.99. The van der Waals surface area contributed by atoms with E-state index in [2.05, 4.69) is 42.9 Å². The Morgan fingerprint density at radius 3 is 2.27 bits per heavy atom. The van der Waals surface area contributed by atoms with Gasteiger partial charge in [-0.1, -0.05) is 32.6 Å². The lowest BCUT2D eigenvalue weighted by molar-refractivity contribution is -0.697. The molecule has 0 aliphatic heterocycles. The molecule has 1 aromatic heterocycles. The molecule has 116 valence electrons. The summed E-state index contributed by atoms with van der Waals surface area (Å²) in [5.74, 6) is 1.40. The van der Waals surface area contributed by atoms with Gasteiger partial charge in [-0.2, -0.15) is 10.5 Å². The molecule has 4 heteroatoms. The molecule has 0 atom stereocenters. The van der Waals surface area contributed by atoms with Gasteiger partial charge in [-0.05, 0) is 19.4 Å². The molecule has 0 radical (unpaired) electrons. The molecular formula is C18H24N4. The predicted molar refractivity (Wildman–Crippen MR) is 87.9 cm³/mol. The summed E-state index contributed by atoms with van der Waals surface area (Å²) in [4.78, 5) is 0. The average Bonchev–Trinajstić information content (AvgIpc) is 2.53. The second-order valence-corrected chi connectivity index (χ2v) is 5.10.